The Kier molecular flexibility index (Phi) is 3.87. The summed E-state index contributed by atoms with van der Waals surface area (Å²) in [5.74, 6) is 0.377. The van der Waals surface area contributed by atoms with Gasteiger partial charge in [0.1, 0.15) is 5.82 Å². The zero-order valence-corrected chi connectivity index (χ0v) is 8.89. The Morgan fingerprint density at radius 2 is 1.93 bits per heavy atom. The lowest BCUT2D eigenvalue weighted by atomic mass is 9.96. The van der Waals surface area contributed by atoms with Crippen LogP contribution >= 0.6 is 0 Å². The van der Waals surface area contributed by atoms with Crippen LogP contribution in [0, 0.1) is 11.7 Å². The quantitative estimate of drug-likeness (QED) is 0.633. The van der Waals surface area contributed by atoms with E-state index in [1.54, 1.807) is 0 Å². The van der Waals surface area contributed by atoms with Crippen molar-refractivity contribution in [2.24, 2.45) is 5.92 Å². The van der Waals surface area contributed by atoms with Crippen molar-refractivity contribution in [3.05, 3.63) is 47.8 Å². The standard InChI is InChI=1S/C13H17F/c1-10(2)11(3)4-5-12-6-8-13(14)9-7-12/h6-9,11H,1,4-5H2,2-3H3. The van der Waals surface area contributed by atoms with Gasteiger partial charge in [0.15, 0.2) is 0 Å². The second-order valence-corrected chi connectivity index (χ2v) is 3.91. The summed E-state index contributed by atoms with van der Waals surface area (Å²) in [5.41, 5.74) is 2.41. The Bertz CT molecular complexity index is 298. The smallest absolute Gasteiger partial charge is 0.123 e. The Balaban J connectivity index is 2.46. The average Bonchev–Trinajstić information content (AvgIpc) is 2.16. The second-order valence-electron chi connectivity index (χ2n) is 3.91. The number of hydrogen-bond donors (Lipinski definition) is 0. The fraction of sp³-hybridized carbons (Fsp3) is 0.385. The molecule has 0 N–H and O–H groups in total. The van der Waals surface area contributed by atoms with Gasteiger partial charge in [0.05, 0.1) is 0 Å². The van der Waals surface area contributed by atoms with Crippen molar-refractivity contribution in [1.82, 2.24) is 0 Å². The SMILES string of the molecule is C=C(C)C(C)CCc1ccc(F)cc1. The van der Waals surface area contributed by atoms with Gasteiger partial charge in [-0.15, -0.1) is 0 Å². The molecule has 14 heavy (non-hydrogen) atoms. The van der Waals surface area contributed by atoms with E-state index in [9.17, 15) is 4.39 Å². The van der Waals surface area contributed by atoms with Crippen LogP contribution in [0.5, 0.6) is 0 Å². The number of rotatable bonds is 4. The van der Waals surface area contributed by atoms with Crippen LogP contribution in [0.2, 0.25) is 0 Å². The Morgan fingerprint density at radius 1 is 1.36 bits per heavy atom. The molecule has 0 saturated carbocycles. The molecule has 1 rings (SSSR count). The normalized spacial score (nSPS) is 12.5. The zero-order valence-electron chi connectivity index (χ0n) is 8.89. The molecular formula is C13H17F. The Morgan fingerprint density at radius 3 is 2.43 bits per heavy atom. The minimum atomic E-state index is -0.165. The molecule has 0 aliphatic heterocycles. The van der Waals surface area contributed by atoms with E-state index in [1.165, 1.54) is 23.3 Å². The molecule has 0 amide bonds. The molecule has 1 aromatic rings. The van der Waals surface area contributed by atoms with Gasteiger partial charge in [0.25, 0.3) is 0 Å². The van der Waals surface area contributed by atoms with E-state index < -0.39 is 0 Å². The first-order valence-electron chi connectivity index (χ1n) is 4.99. The predicted octanol–water partition coefficient (Wildman–Crippen LogP) is 3.97. The first kappa shape index (κ1) is 11.0. The molecule has 0 spiro atoms. The molecule has 0 radical (unpaired) electrons. The highest BCUT2D eigenvalue weighted by Crippen LogP contribution is 2.15. The largest absolute Gasteiger partial charge is 0.207 e. The van der Waals surface area contributed by atoms with E-state index in [2.05, 4.69) is 20.4 Å². The molecular weight excluding hydrogens is 175 g/mol. The van der Waals surface area contributed by atoms with Gasteiger partial charge in [0.2, 0.25) is 0 Å². The first-order valence-corrected chi connectivity index (χ1v) is 4.99. The van der Waals surface area contributed by atoms with Gasteiger partial charge in [-0.05, 0) is 43.4 Å². The van der Waals surface area contributed by atoms with E-state index in [0.717, 1.165) is 12.8 Å². The summed E-state index contributed by atoms with van der Waals surface area (Å²) in [6.45, 7) is 8.14. The number of halogens is 1. The van der Waals surface area contributed by atoms with Crippen molar-refractivity contribution >= 4 is 0 Å². The summed E-state index contributed by atoms with van der Waals surface area (Å²) >= 11 is 0. The molecule has 0 bridgehead atoms. The van der Waals surface area contributed by atoms with Crippen LogP contribution in [0.25, 0.3) is 0 Å². The summed E-state index contributed by atoms with van der Waals surface area (Å²) in [6.07, 6.45) is 2.08. The van der Waals surface area contributed by atoms with Crippen molar-refractivity contribution in [1.29, 1.82) is 0 Å². The lowest BCUT2D eigenvalue weighted by molar-refractivity contribution is 0.610. The van der Waals surface area contributed by atoms with Crippen molar-refractivity contribution in [2.45, 2.75) is 26.7 Å². The Hall–Kier alpha value is -1.11. The summed E-state index contributed by atoms with van der Waals surface area (Å²) in [4.78, 5) is 0. The zero-order chi connectivity index (χ0) is 10.6. The van der Waals surface area contributed by atoms with Gasteiger partial charge in [-0.25, -0.2) is 4.39 Å². The number of allylic oxidation sites excluding steroid dienone is 1. The molecule has 0 aromatic heterocycles. The van der Waals surface area contributed by atoms with Crippen LogP contribution in [-0.4, -0.2) is 0 Å². The van der Waals surface area contributed by atoms with E-state index >= 15 is 0 Å². The van der Waals surface area contributed by atoms with Crippen LogP contribution in [0.4, 0.5) is 4.39 Å². The van der Waals surface area contributed by atoms with E-state index in [1.807, 2.05) is 12.1 Å². The van der Waals surface area contributed by atoms with Gasteiger partial charge in [0, 0.05) is 0 Å². The van der Waals surface area contributed by atoms with Gasteiger partial charge < -0.3 is 0 Å². The monoisotopic (exact) mass is 192 g/mol. The van der Waals surface area contributed by atoms with Crippen molar-refractivity contribution < 1.29 is 4.39 Å². The summed E-state index contributed by atoms with van der Waals surface area (Å²) in [7, 11) is 0. The number of hydrogen-bond acceptors (Lipinski definition) is 0. The minimum Gasteiger partial charge on any atom is -0.207 e. The first-order chi connectivity index (χ1) is 6.59. The molecule has 0 fully saturated rings. The van der Waals surface area contributed by atoms with E-state index in [-0.39, 0.29) is 5.82 Å². The molecule has 0 nitrogen and oxygen atoms in total. The topological polar surface area (TPSA) is 0 Å². The van der Waals surface area contributed by atoms with Crippen LogP contribution in [0.3, 0.4) is 0 Å². The minimum absolute atomic E-state index is 0.165. The van der Waals surface area contributed by atoms with Gasteiger partial charge in [-0.1, -0.05) is 31.2 Å². The average molecular weight is 192 g/mol. The fourth-order valence-electron chi connectivity index (χ4n) is 1.28. The molecule has 1 aromatic carbocycles. The highest BCUT2D eigenvalue weighted by atomic mass is 19.1. The summed E-state index contributed by atoms with van der Waals surface area (Å²) in [5, 5.41) is 0. The van der Waals surface area contributed by atoms with Crippen molar-refractivity contribution in [3.8, 4) is 0 Å². The van der Waals surface area contributed by atoms with Gasteiger partial charge >= 0.3 is 0 Å². The molecule has 0 heterocycles. The van der Waals surface area contributed by atoms with Crippen LogP contribution in [0.15, 0.2) is 36.4 Å². The third kappa shape index (κ3) is 3.33. The Labute approximate surface area is 85.5 Å². The van der Waals surface area contributed by atoms with Crippen molar-refractivity contribution in [3.63, 3.8) is 0 Å². The van der Waals surface area contributed by atoms with Gasteiger partial charge in [-0.3, -0.25) is 0 Å². The lowest BCUT2D eigenvalue weighted by Gasteiger charge is -2.10. The maximum atomic E-state index is 12.6. The van der Waals surface area contributed by atoms with E-state index in [4.69, 9.17) is 0 Å². The third-order valence-electron chi connectivity index (χ3n) is 2.62. The van der Waals surface area contributed by atoms with E-state index in [0.29, 0.717) is 5.92 Å². The van der Waals surface area contributed by atoms with Crippen LogP contribution in [-0.2, 0) is 6.42 Å². The third-order valence-corrected chi connectivity index (χ3v) is 2.62. The lowest BCUT2D eigenvalue weighted by Crippen LogP contribution is -1.97. The highest BCUT2D eigenvalue weighted by Gasteiger charge is 2.02. The van der Waals surface area contributed by atoms with Gasteiger partial charge in [-0.2, -0.15) is 0 Å². The molecule has 0 aliphatic rings. The molecule has 0 saturated heterocycles. The maximum absolute atomic E-state index is 12.6. The predicted molar refractivity (Wildman–Crippen MR) is 58.7 cm³/mol. The fourth-order valence-corrected chi connectivity index (χ4v) is 1.28. The number of aryl methyl sites for hydroxylation is 1. The molecule has 76 valence electrons. The maximum Gasteiger partial charge on any atom is 0.123 e. The summed E-state index contributed by atoms with van der Waals surface area (Å²) in [6, 6.07) is 6.72. The second kappa shape index (κ2) is 4.94. The highest BCUT2D eigenvalue weighted by molar-refractivity contribution is 5.16. The molecule has 1 unspecified atom stereocenters. The molecule has 1 atom stereocenters. The van der Waals surface area contributed by atoms with Crippen LogP contribution in [0.1, 0.15) is 25.8 Å². The van der Waals surface area contributed by atoms with Crippen LogP contribution < -0.4 is 0 Å². The van der Waals surface area contributed by atoms with Crippen molar-refractivity contribution in [2.75, 3.05) is 0 Å². The summed E-state index contributed by atoms with van der Waals surface area (Å²) < 4.78 is 12.6. The molecule has 0 aliphatic carbocycles. The number of benzene rings is 1. The molecule has 1 heteroatoms.